The third kappa shape index (κ3) is 5.48. The zero-order valence-corrected chi connectivity index (χ0v) is 20.5. The van der Waals surface area contributed by atoms with Crippen LogP contribution in [-0.4, -0.2) is 26.4 Å². The first-order valence-electron chi connectivity index (χ1n) is 12.6. The number of imidazole rings is 1. The molecule has 0 saturated heterocycles. The number of carboxylic acids is 1. The number of amides is 1. The largest absolute Gasteiger partial charge is 0.481 e. The van der Waals surface area contributed by atoms with Gasteiger partial charge in [0.05, 0.1) is 0 Å². The molecule has 1 amide bonds. The Bertz CT molecular complexity index is 1370. The highest BCUT2D eigenvalue weighted by atomic mass is 16.4. The maximum Gasteiger partial charge on any atom is 0.303 e. The number of pyridine rings is 1. The number of fused-ring (bicyclic) bond motifs is 1. The Kier molecular flexibility index (Phi) is 6.85. The van der Waals surface area contributed by atoms with Crippen LogP contribution in [0.3, 0.4) is 0 Å². The molecule has 0 spiro atoms. The Labute approximate surface area is 211 Å². The molecule has 0 bridgehead atoms. The molecule has 36 heavy (non-hydrogen) atoms. The van der Waals surface area contributed by atoms with Gasteiger partial charge in [0.2, 0.25) is 0 Å². The van der Waals surface area contributed by atoms with E-state index < -0.39 is 5.97 Å². The average molecular weight is 482 g/mol. The molecule has 184 valence electrons. The van der Waals surface area contributed by atoms with Crippen molar-refractivity contribution in [3.05, 3.63) is 95.4 Å². The van der Waals surface area contributed by atoms with Gasteiger partial charge in [-0.15, -0.1) is 0 Å². The van der Waals surface area contributed by atoms with E-state index in [1.807, 2.05) is 53.9 Å². The van der Waals surface area contributed by atoms with Gasteiger partial charge in [-0.1, -0.05) is 54.1 Å². The van der Waals surface area contributed by atoms with Crippen molar-refractivity contribution in [2.45, 2.75) is 51.5 Å². The molecule has 0 atom stereocenters. The predicted octanol–water partition coefficient (Wildman–Crippen LogP) is 5.99. The van der Waals surface area contributed by atoms with Gasteiger partial charge in [0.1, 0.15) is 11.3 Å². The van der Waals surface area contributed by atoms with Crippen molar-refractivity contribution in [3.8, 4) is 11.1 Å². The van der Waals surface area contributed by atoms with E-state index in [2.05, 4.69) is 34.6 Å². The SMILES string of the molecule is Cc1ccc(CNC(=O)c2cn3cc(-c4ccc(C5CCC(CC(=O)O)CC5)cc4)ccc3n2)cc1. The van der Waals surface area contributed by atoms with Gasteiger partial charge < -0.3 is 14.8 Å². The highest BCUT2D eigenvalue weighted by Crippen LogP contribution is 2.37. The molecule has 0 aliphatic heterocycles. The van der Waals surface area contributed by atoms with Gasteiger partial charge in [-0.05, 0) is 78.8 Å². The van der Waals surface area contributed by atoms with E-state index in [4.69, 9.17) is 5.11 Å². The highest BCUT2D eigenvalue weighted by Gasteiger charge is 2.24. The second-order valence-corrected chi connectivity index (χ2v) is 9.92. The Morgan fingerprint density at radius 3 is 2.31 bits per heavy atom. The Hall–Kier alpha value is -3.93. The summed E-state index contributed by atoms with van der Waals surface area (Å²) in [5, 5.41) is 12.0. The number of carboxylic acid groups (broad SMARTS) is 1. The van der Waals surface area contributed by atoms with Gasteiger partial charge in [-0.25, -0.2) is 4.98 Å². The lowest BCUT2D eigenvalue weighted by molar-refractivity contribution is -0.138. The molecule has 6 heteroatoms. The van der Waals surface area contributed by atoms with Crippen molar-refractivity contribution in [1.29, 1.82) is 0 Å². The van der Waals surface area contributed by atoms with E-state index in [-0.39, 0.29) is 5.91 Å². The summed E-state index contributed by atoms with van der Waals surface area (Å²) in [5.74, 6) is -0.0633. The van der Waals surface area contributed by atoms with Gasteiger partial charge in [-0.2, -0.15) is 0 Å². The average Bonchev–Trinajstić information content (AvgIpc) is 3.32. The van der Waals surface area contributed by atoms with Gasteiger partial charge in [0, 0.05) is 25.4 Å². The molecule has 1 aliphatic carbocycles. The molecule has 1 aliphatic rings. The lowest BCUT2D eigenvalue weighted by Crippen LogP contribution is -2.23. The van der Waals surface area contributed by atoms with Crippen LogP contribution in [0.2, 0.25) is 0 Å². The topological polar surface area (TPSA) is 83.7 Å². The Balaban J connectivity index is 1.24. The quantitative estimate of drug-likeness (QED) is 0.340. The summed E-state index contributed by atoms with van der Waals surface area (Å²) in [5.41, 5.74) is 6.86. The van der Waals surface area contributed by atoms with Crippen molar-refractivity contribution in [2.75, 3.05) is 0 Å². The first-order chi connectivity index (χ1) is 17.4. The summed E-state index contributed by atoms with van der Waals surface area (Å²) in [6.45, 7) is 2.50. The van der Waals surface area contributed by atoms with Gasteiger partial charge in [-0.3, -0.25) is 9.59 Å². The summed E-state index contributed by atoms with van der Waals surface area (Å²) in [7, 11) is 0. The molecular weight excluding hydrogens is 450 g/mol. The summed E-state index contributed by atoms with van der Waals surface area (Å²) in [6.07, 6.45) is 8.13. The second kappa shape index (κ2) is 10.4. The summed E-state index contributed by atoms with van der Waals surface area (Å²) < 4.78 is 1.90. The number of hydrogen-bond donors (Lipinski definition) is 2. The zero-order chi connectivity index (χ0) is 25.1. The summed E-state index contributed by atoms with van der Waals surface area (Å²) >= 11 is 0. The number of hydrogen-bond acceptors (Lipinski definition) is 3. The predicted molar refractivity (Wildman–Crippen MR) is 140 cm³/mol. The van der Waals surface area contributed by atoms with Gasteiger partial charge in [0.15, 0.2) is 0 Å². The number of benzene rings is 2. The third-order valence-electron chi connectivity index (χ3n) is 7.28. The lowest BCUT2D eigenvalue weighted by Gasteiger charge is -2.28. The van der Waals surface area contributed by atoms with Crippen molar-refractivity contribution in [3.63, 3.8) is 0 Å². The second-order valence-electron chi connectivity index (χ2n) is 9.92. The maximum absolute atomic E-state index is 12.7. The van der Waals surface area contributed by atoms with Crippen LogP contribution in [0.15, 0.2) is 73.1 Å². The fourth-order valence-electron chi connectivity index (χ4n) is 5.15. The lowest BCUT2D eigenvalue weighted by atomic mass is 9.77. The molecule has 5 rings (SSSR count). The number of rotatable bonds is 7. The zero-order valence-electron chi connectivity index (χ0n) is 20.5. The molecule has 0 unspecified atom stereocenters. The molecule has 4 aromatic rings. The van der Waals surface area contributed by atoms with E-state index >= 15 is 0 Å². The Morgan fingerprint density at radius 2 is 1.61 bits per heavy atom. The number of carbonyl (C=O) groups is 2. The molecule has 2 heterocycles. The first-order valence-corrected chi connectivity index (χ1v) is 12.6. The van der Waals surface area contributed by atoms with E-state index in [0.29, 0.717) is 30.5 Å². The minimum atomic E-state index is -0.687. The molecule has 6 nitrogen and oxygen atoms in total. The van der Waals surface area contributed by atoms with Crippen molar-refractivity contribution < 1.29 is 14.7 Å². The number of aliphatic carboxylic acids is 1. The number of nitrogens with one attached hydrogen (secondary N) is 1. The molecule has 1 saturated carbocycles. The molecule has 2 aromatic heterocycles. The Morgan fingerprint density at radius 1 is 0.917 bits per heavy atom. The standard InChI is InChI=1S/C30H31N3O3/c1-20-2-4-22(5-3-20)17-31-30(36)27-19-33-18-26(14-15-28(33)32-27)25-12-10-24(11-13-25)23-8-6-21(7-9-23)16-29(34)35/h2-5,10-15,18-19,21,23H,6-9,16-17H2,1H3,(H,31,36)(H,34,35). The van der Waals surface area contributed by atoms with Crippen LogP contribution in [0.4, 0.5) is 0 Å². The highest BCUT2D eigenvalue weighted by molar-refractivity contribution is 5.92. The molecule has 1 fully saturated rings. The minimum absolute atomic E-state index is 0.191. The van der Waals surface area contributed by atoms with Gasteiger partial charge >= 0.3 is 5.97 Å². The normalized spacial score (nSPS) is 17.7. The van der Waals surface area contributed by atoms with Crippen LogP contribution in [0.5, 0.6) is 0 Å². The molecular formula is C30H31N3O3. The molecule has 0 radical (unpaired) electrons. The van der Waals surface area contributed by atoms with E-state index in [1.54, 1.807) is 6.20 Å². The smallest absolute Gasteiger partial charge is 0.303 e. The number of carbonyl (C=O) groups excluding carboxylic acids is 1. The number of nitrogens with zero attached hydrogens (tertiary/aromatic N) is 2. The van der Waals surface area contributed by atoms with Crippen LogP contribution in [-0.2, 0) is 11.3 Å². The fraction of sp³-hybridized carbons (Fsp3) is 0.300. The third-order valence-corrected chi connectivity index (χ3v) is 7.28. The van der Waals surface area contributed by atoms with Gasteiger partial charge in [0.25, 0.3) is 5.91 Å². The van der Waals surface area contributed by atoms with E-state index in [0.717, 1.165) is 48.0 Å². The molecule has 2 aromatic carbocycles. The monoisotopic (exact) mass is 481 g/mol. The molecule has 2 N–H and O–H groups in total. The van der Waals surface area contributed by atoms with Crippen LogP contribution in [0.1, 0.15) is 65.2 Å². The van der Waals surface area contributed by atoms with Crippen LogP contribution < -0.4 is 5.32 Å². The summed E-state index contributed by atoms with van der Waals surface area (Å²) in [4.78, 5) is 28.1. The van der Waals surface area contributed by atoms with Crippen molar-refractivity contribution in [1.82, 2.24) is 14.7 Å². The minimum Gasteiger partial charge on any atom is -0.481 e. The fourth-order valence-corrected chi connectivity index (χ4v) is 5.15. The van der Waals surface area contributed by atoms with E-state index in [1.165, 1.54) is 11.1 Å². The number of aromatic nitrogens is 2. The summed E-state index contributed by atoms with van der Waals surface area (Å²) in [6, 6.07) is 20.7. The van der Waals surface area contributed by atoms with Crippen LogP contribution in [0, 0.1) is 12.8 Å². The van der Waals surface area contributed by atoms with E-state index in [9.17, 15) is 9.59 Å². The van der Waals surface area contributed by atoms with Crippen molar-refractivity contribution in [2.24, 2.45) is 5.92 Å². The first kappa shape index (κ1) is 23.8. The van der Waals surface area contributed by atoms with Crippen LogP contribution >= 0.6 is 0 Å². The number of aryl methyl sites for hydroxylation is 1. The van der Waals surface area contributed by atoms with Crippen LogP contribution in [0.25, 0.3) is 16.8 Å². The maximum atomic E-state index is 12.7. The van der Waals surface area contributed by atoms with Crippen molar-refractivity contribution >= 4 is 17.5 Å².